The lowest BCUT2D eigenvalue weighted by molar-refractivity contribution is -0.112. The molecule has 0 aliphatic heterocycles. The minimum absolute atomic E-state index is 0.244. The van der Waals surface area contributed by atoms with Crippen LogP contribution in [-0.4, -0.2) is 26.1 Å². The van der Waals surface area contributed by atoms with Gasteiger partial charge in [-0.25, -0.2) is 4.98 Å². The summed E-state index contributed by atoms with van der Waals surface area (Å²) >= 11 is 0. The smallest absolute Gasteiger partial charge is 0.256 e. The van der Waals surface area contributed by atoms with E-state index in [1.807, 2.05) is 6.92 Å². The molecule has 0 aromatic carbocycles. The summed E-state index contributed by atoms with van der Waals surface area (Å²) in [6, 6.07) is 1.75. The normalized spacial score (nSPS) is 14.0. The van der Waals surface area contributed by atoms with Crippen molar-refractivity contribution in [3.05, 3.63) is 53.2 Å². The molecule has 0 radical (unpaired) electrons. The summed E-state index contributed by atoms with van der Waals surface area (Å²) in [5, 5.41) is 11.8. The molecule has 2 aromatic heterocycles. The molecular formula is C18H19N5O. The van der Waals surface area contributed by atoms with E-state index in [2.05, 4.69) is 44.2 Å². The van der Waals surface area contributed by atoms with Gasteiger partial charge in [0.05, 0.1) is 10.7 Å². The molecule has 2 aromatic rings. The highest BCUT2D eigenvalue weighted by atomic mass is 16.1. The molecule has 0 saturated heterocycles. The summed E-state index contributed by atoms with van der Waals surface area (Å²) in [5.74, 6) is 0.904. The second-order valence-electron chi connectivity index (χ2n) is 5.35. The summed E-state index contributed by atoms with van der Waals surface area (Å²) < 4.78 is 0. The molecule has 0 bridgehead atoms. The Kier molecular flexibility index (Phi) is 4.56. The van der Waals surface area contributed by atoms with Crippen LogP contribution in [0, 0.1) is 0 Å². The van der Waals surface area contributed by atoms with Crippen LogP contribution in [0.1, 0.15) is 19.8 Å². The van der Waals surface area contributed by atoms with Crippen molar-refractivity contribution in [2.45, 2.75) is 19.8 Å². The molecule has 0 unspecified atom stereocenters. The molecule has 3 rings (SSSR count). The first-order valence-electron chi connectivity index (χ1n) is 7.80. The highest BCUT2D eigenvalue weighted by Crippen LogP contribution is 2.15. The van der Waals surface area contributed by atoms with Crippen molar-refractivity contribution >= 4 is 23.9 Å². The third kappa shape index (κ3) is 3.27. The van der Waals surface area contributed by atoms with E-state index in [1.165, 1.54) is 0 Å². The van der Waals surface area contributed by atoms with Crippen molar-refractivity contribution in [2.75, 3.05) is 5.32 Å². The summed E-state index contributed by atoms with van der Waals surface area (Å²) in [7, 11) is 0. The Bertz CT molecular complexity index is 909. The first-order valence-corrected chi connectivity index (χ1v) is 7.80. The highest BCUT2D eigenvalue weighted by molar-refractivity contribution is 6.05. The zero-order valence-corrected chi connectivity index (χ0v) is 13.5. The van der Waals surface area contributed by atoms with E-state index in [0.29, 0.717) is 17.2 Å². The maximum Gasteiger partial charge on any atom is 0.256 e. The van der Waals surface area contributed by atoms with Crippen LogP contribution >= 0.6 is 0 Å². The van der Waals surface area contributed by atoms with E-state index in [9.17, 15) is 4.79 Å². The van der Waals surface area contributed by atoms with Gasteiger partial charge in [-0.05, 0) is 19.8 Å². The van der Waals surface area contributed by atoms with Crippen LogP contribution < -0.4 is 16.0 Å². The number of H-pyrrole nitrogens is 2. The van der Waals surface area contributed by atoms with Gasteiger partial charge in [-0.1, -0.05) is 43.0 Å². The number of amides is 1. The number of aromatic amines is 2. The number of hydrogen-bond donors (Lipinski definition) is 3. The number of rotatable bonds is 5. The Labute approximate surface area is 139 Å². The lowest BCUT2D eigenvalue weighted by atomic mass is 10.2. The molecule has 0 spiro atoms. The number of allylic oxidation sites excluding steroid dienone is 3. The van der Waals surface area contributed by atoms with Crippen molar-refractivity contribution in [1.29, 1.82) is 0 Å². The van der Waals surface area contributed by atoms with Gasteiger partial charge in [0, 0.05) is 11.6 Å². The molecule has 1 amide bonds. The molecule has 0 atom stereocenters. The van der Waals surface area contributed by atoms with Crippen molar-refractivity contribution in [2.24, 2.45) is 0 Å². The monoisotopic (exact) mass is 321 g/mol. The topological polar surface area (TPSA) is 86.5 Å². The van der Waals surface area contributed by atoms with Crippen molar-refractivity contribution in [1.82, 2.24) is 20.2 Å². The van der Waals surface area contributed by atoms with Crippen LogP contribution in [0.4, 0.5) is 5.82 Å². The Morgan fingerprint density at radius 2 is 2.21 bits per heavy atom. The SMILES string of the molecule is C=C/C=C(\C=C/C)C(=O)Nc1cc(-c2nc3c([nH]2)=CCCC=3)[nH]n1. The van der Waals surface area contributed by atoms with Gasteiger partial charge in [0.2, 0.25) is 0 Å². The molecule has 0 saturated carbocycles. The Hall–Kier alpha value is -3.15. The molecular weight excluding hydrogens is 302 g/mol. The molecule has 0 fully saturated rings. The summed E-state index contributed by atoms with van der Waals surface area (Å²) in [6.07, 6.45) is 13.0. The third-order valence-electron chi connectivity index (χ3n) is 3.59. The number of aromatic nitrogens is 4. The van der Waals surface area contributed by atoms with Gasteiger partial charge >= 0.3 is 0 Å². The van der Waals surface area contributed by atoms with Gasteiger partial charge in [0.1, 0.15) is 5.69 Å². The van der Waals surface area contributed by atoms with E-state index >= 15 is 0 Å². The predicted molar refractivity (Wildman–Crippen MR) is 95.3 cm³/mol. The molecule has 6 nitrogen and oxygen atoms in total. The molecule has 2 heterocycles. The fourth-order valence-corrected chi connectivity index (χ4v) is 2.50. The number of nitrogens with zero attached hydrogens (tertiary/aromatic N) is 2. The molecule has 6 heteroatoms. The predicted octanol–water partition coefficient (Wildman–Crippen LogP) is 1.78. The minimum atomic E-state index is -0.244. The van der Waals surface area contributed by atoms with Gasteiger partial charge in [-0.2, -0.15) is 5.10 Å². The summed E-state index contributed by atoms with van der Waals surface area (Å²) in [6.45, 7) is 5.47. The molecule has 122 valence electrons. The third-order valence-corrected chi connectivity index (χ3v) is 3.59. The van der Waals surface area contributed by atoms with E-state index in [1.54, 1.807) is 30.4 Å². The summed E-state index contributed by atoms with van der Waals surface area (Å²) in [4.78, 5) is 20.0. The van der Waals surface area contributed by atoms with E-state index in [4.69, 9.17) is 0 Å². The largest absolute Gasteiger partial charge is 0.337 e. The zero-order chi connectivity index (χ0) is 16.9. The Balaban J connectivity index is 1.81. The van der Waals surface area contributed by atoms with Crippen molar-refractivity contribution in [3.63, 3.8) is 0 Å². The van der Waals surface area contributed by atoms with E-state index < -0.39 is 0 Å². The summed E-state index contributed by atoms with van der Waals surface area (Å²) in [5.41, 5.74) is 1.23. The second-order valence-corrected chi connectivity index (χ2v) is 5.35. The van der Waals surface area contributed by atoms with Crippen LogP contribution in [0.2, 0.25) is 0 Å². The van der Waals surface area contributed by atoms with Crippen LogP contribution in [0.15, 0.2) is 42.5 Å². The van der Waals surface area contributed by atoms with Gasteiger partial charge in [-0.15, -0.1) is 0 Å². The van der Waals surface area contributed by atoms with E-state index in [0.717, 1.165) is 29.2 Å². The zero-order valence-electron chi connectivity index (χ0n) is 13.5. The van der Waals surface area contributed by atoms with Crippen LogP contribution in [0.5, 0.6) is 0 Å². The molecule has 3 N–H and O–H groups in total. The van der Waals surface area contributed by atoms with Gasteiger partial charge in [-0.3, -0.25) is 9.89 Å². The number of fused-ring (bicyclic) bond motifs is 1. The lowest BCUT2D eigenvalue weighted by Crippen LogP contribution is -2.26. The second kappa shape index (κ2) is 6.95. The van der Waals surface area contributed by atoms with Crippen molar-refractivity contribution < 1.29 is 4.79 Å². The van der Waals surface area contributed by atoms with Crippen LogP contribution in [-0.2, 0) is 4.79 Å². The van der Waals surface area contributed by atoms with Gasteiger partial charge in [0.25, 0.3) is 5.91 Å². The number of nitrogens with one attached hydrogen (secondary N) is 3. The fourth-order valence-electron chi connectivity index (χ4n) is 2.50. The molecule has 24 heavy (non-hydrogen) atoms. The quantitative estimate of drug-likeness (QED) is 0.579. The number of carbonyl (C=O) groups is 1. The minimum Gasteiger partial charge on any atom is -0.337 e. The number of hydrogen-bond acceptors (Lipinski definition) is 3. The maximum atomic E-state index is 12.2. The maximum absolute atomic E-state index is 12.2. The van der Waals surface area contributed by atoms with Crippen LogP contribution in [0.25, 0.3) is 23.7 Å². The van der Waals surface area contributed by atoms with Gasteiger partial charge < -0.3 is 10.3 Å². The average Bonchev–Trinajstić information content (AvgIpc) is 3.20. The lowest BCUT2D eigenvalue weighted by Gasteiger charge is -2.01. The van der Waals surface area contributed by atoms with Gasteiger partial charge in [0.15, 0.2) is 11.6 Å². The molecule has 1 aliphatic carbocycles. The average molecular weight is 321 g/mol. The standard InChI is InChI=1S/C18H19N5O/c1-3-7-12(8-4-2)18(24)21-16-11-15(22-23-16)17-19-13-9-5-6-10-14(13)20-17/h3-4,7-11H,1,5-6H2,2H3,(H,19,20)(H2,21,22,23,24)/b8-4-,12-7+. The van der Waals surface area contributed by atoms with E-state index in [-0.39, 0.29) is 5.91 Å². The van der Waals surface area contributed by atoms with Crippen molar-refractivity contribution in [3.8, 4) is 11.5 Å². The first-order chi connectivity index (χ1) is 11.7. The number of anilines is 1. The molecule has 1 aliphatic rings. The van der Waals surface area contributed by atoms with Crippen LogP contribution in [0.3, 0.4) is 0 Å². The Morgan fingerprint density at radius 3 is 2.96 bits per heavy atom. The Morgan fingerprint density at radius 1 is 1.38 bits per heavy atom. The number of imidazole rings is 1. The highest BCUT2D eigenvalue weighted by Gasteiger charge is 2.11. The fraction of sp³-hybridized carbons (Fsp3) is 0.167. The number of carbonyl (C=O) groups excluding carboxylic acids is 1. The first kappa shape index (κ1) is 15.7.